The van der Waals surface area contributed by atoms with Crippen LogP contribution in [0.15, 0.2) is 42.5 Å². The third-order valence-corrected chi connectivity index (χ3v) is 3.54. The predicted octanol–water partition coefficient (Wildman–Crippen LogP) is 4.96. The Morgan fingerprint density at radius 1 is 1.00 bits per heavy atom. The van der Waals surface area contributed by atoms with E-state index in [-0.39, 0.29) is 11.6 Å². The highest BCUT2D eigenvalue weighted by Gasteiger charge is 2.17. The number of hydrogen-bond donors (Lipinski definition) is 1. The van der Waals surface area contributed by atoms with Gasteiger partial charge in [-0.05, 0) is 11.5 Å². The van der Waals surface area contributed by atoms with E-state index in [1.54, 1.807) is 0 Å². The molecule has 0 amide bonds. The second kappa shape index (κ2) is 6.66. The van der Waals surface area contributed by atoms with Crippen LogP contribution in [0.4, 0.5) is 18.9 Å². The van der Waals surface area contributed by atoms with Crippen molar-refractivity contribution in [2.24, 2.45) is 5.92 Å². The average molecular weight is 293 g/mol. The number of nitrogens with one attached hydrogen (secondary N) is 1. The Morgan fingerprint density at radius 2 is 1.67 bits per heavy atom. The van der Waals surface area contributed by atoms with Crippen LogP contribution in [0, 0.1) is 23.4 Å². The van der Waals surface area contributed by atoms with Crippen molar-refractivity contribution in [1.29, 1.82) is 0 Å². The van der Waals surface area contributed by atoms with Crippen LogP contribution in [0.25, 0.3) is 0 Å². The van der Waals surface area contributed by atoms with E-state index in [1.807, 2.05) is 30.3 Å². The fourth-order valence-corrected chi connectivity index (χ4v) is 2.34. The highest BCUT2D eigenvalue weighted by molar-refractivity contribution is 5.46. The largest absolute Gasteiger partial charge is 0.382 e. The van der Waals surface area contributed by atoms with Crippen molar-refractivity contribution in [1.82, 2.24) is 0 Å². The zero-order valence-corrected chi connectivity index (χ0v) is 12.0. The van der Waals surface area contributed by atoms with Crippen molar-refractivity contribution in [3.63, 3.8) is 0 Å². The van der Waals surface area contributed by atoms with E-state index < -0.39 is 17.5 Å². The van der Waals surface area contributed by atoms with Gasteiger partial charge in [0.15, 0.2) is 11.6 Å². The molecule has 2 aromatic carbocycles. The van der Waals surface area contributed by atoms with Gasteiger partial charge in [-0.2, -0.15) is 0 Å². The summed E-state index contributed by atoms with van der Waals surface area (Å²) in [6.07, 6.45) is 0. The van der Waals surface area contributed by atoms with Gasteiger partial charge in [0, 0.05) is 24.6 Å². The average Bonchev–Trinajstić information content (AvgIpc) is 2.45. The summed E-state index contributed by atoms with van der Waals surface area (Å²) < 4.78 is 40.0. The minimum atomic E-state index is -1.18. The summed E-state index contributed by atoms with van der Waals surface area (Å²) in [6, 6.07) is 11.3. The molecule has 0 aliphatic heterocycles. The van der Waals surface area contributed by atoms with Gasteiger partial charge in [0.1, 0.15) is 5.82 Å². The Bertz CT molecular complexity index is 596. The molecule has 0 radical (unpaired) electrons. The van der Waals surface area contributed by atoms with Crippen LogP contribution in [-0.4, -0.2) is 6.54 Å². The molecule has 0 aromatic heterocycles. The number of halogens is 3. The Hall–Kier alpha value is -1.97. The molecule has 112 valence electrons. The molecular formula is C17H18F3N. The molecule has 0 bridgehead atoms. The smallest absolute Gasteiger partial charge is 0.182 e. The normalized spacial score (nSPS) is 12.5. The third-order valence-electron chi connectivity index (χ3n) is 3.54. The molecule has 0 spiro atoms. The van der Waals surface area contributed by atoms with Gasteiger partial charge in [0.05, 0.1) is 5.69 Å². The highest BCUT2D eigenvalue weighted by atomic mass is 19.2. The lowest BCUT2D eigenvalue weighted by atomic mass is 9.88. The molecule has 0 heterocycles. The summed E-state index contributed by atoms with van der Waals surface area (Å²) in [5.41, 5.74) is 0.964. The third kappa shape index (κ3) is 3.78. The molecular weight excluding hydrogens is 275 g/mol. The maximum atomic E-state index is 13.6. The van der Waals surface area contributed by atoms with Crippen LogP contribution in [0.1, 0.15) is 25.3 Å². The molecule has 0 saturated carbocycles. The second-order valence-electron chi connectivity index (χ2n) is 5.39. The van der Waals surface area contributed by atoms with Crippen molar-refractivity contribution in [3.05, 3.63) is 65.5 Å². The Kier molecular flexibility index (Phi) is 4.89. The second-order valence-corrected chi connectivity index (χ2v) is 5.39. The minimum absolute atomic E-state index is 0.122. The maximum Gasteiger partial charge on any atom is 0.182 e. The van der Waals surface area contributed by atoms with E-state index in [1.165, 1.54) is 0 Å². The predicted molar refractivity (Wildman–Crippen MR) is 78.8 cm³/mol. The summed E-state index contributed by atoms with van der Waals surface area (Å²) in [6.45, 7) is 4.52. The Morgan fingerprint density at radius 3 is 2.29 bits per heavy atom. The number of hydrogen-bond acceptors (Lipinski definition) is 1. The molecule has 1 atom stereocenters. The first kappa shape index (κ1) is 15.4. The molecule has 0 aliphatic carbocycles. The van der Waals surface area contributed by atoms with Crippen LogP contribution in [0.5, 0.6) is 0 Å². The molecule has 0 fully saturated rings. The van der Waals surface area contributed by atoms with E-state index in [9.17, 15) is 13.2 Å². The number of anilines is 1. The Labute approximate surface area is 122 Å². The molecule has 2 aromatic rings. The van der Waals surface area contributed by atoms with Crippen LogP contribution < -0.4 is 5.32 Å². The van der Waals surface area contributed by atoms with Crippen LogP contribution in [0.3, 0.4) is 0 Å². The van der Waals surface area contributed by atoms with E-state index in [0.717, 1.165) is 11.6 Å². The van der Waals surface area contributed by atoms with E-state index >= 15 is 0 Å². The molecule has 0 saturated heterocycles. The molecule has 4 heteroatoms. The van der Waals surface area contributed by atoms with Gasteiger partial charge >= 0.3 is 0 Å². The number of rotatable bonds is 5. The van der Waals surface area contributed by atoms with Crippen molar-refractivity contribution >= 4 is 5.69 Å². The summed E-state index contributed by atoms with van der Waals surface area (Å²) >= 11 is 0. The van der Waals surface area contributed by atoms with Gasteiger partial charge in [-0.15, -0.1) is 0 Å². The highest BCUT2D eigenvalue weighted by Crippen LogP contribution is 2.26. The molecule has 1 N–H and O–H groups in total. The van der Waals surface area contributed by atoms with Crippen LogP contribution in [-0.2, 0) is 0 Å². The summed E-state index contributed by atoms with van der Waals surface area (Å²) in [7, 11) is 0. The molecule has 1 nitrogen and oxygen atoms in total. The fourth-order valence-electron chi connectivity index (χ4n) is 2.34. The summed E-state index contributed by atoms with van der Waals surface area (Å²) in [4.78, 5) is 0. The first-order valence-corrected chi connectivity index (χ1v) is 6.92. The van der Waals surface area contributed by atoms with E-state index in [0.29, 0.717) is 18.5 Å². The van der Waals surface area contributed by atoms with Gasteiger partial charge in [0.2, 0.25) is 0 Å². The summed E-state index contributed by atoms with van der Waals surface area (Å²) in [5.74, 6) is -2.60. The fraction of sp³-hybridized carbons (Fsp3) is 0.294. The van der Waals surface area contributed by atoms with Gasteiger partial charge in [0.25, 0.3) is 0 Å². The van der Waals surface area contributed by atoms with Crippen molar-refractivity contribution < 1.29 is 13.2 Å². The van der Waals surface area contributed by atoms with Gasteiger partial charge in [-0.1, -0.05) is 44.2 Å². The zero-order valence-electron chi connectivity index (χ0n) is 12.0. The van der Waals surface area contributed by atoms with E-state index in [4.69, 9.17) is 0 Å². The quantitative estimate of drug-likeness (QED) is 0.769. The van der Waals surface area contributed by atoms with Gasteiger partial charge < -0.3 is 5.32 Å². The van der Waals surface area contributed by atoms with Crippen LogP contribution in [0.2, 0.25) is 0 Å². The van der Waals surface area contributed by atoms with Crippen molar-refractivity contribution in [2.75, 3.05) is 11.9 Å². The monoisotopic (exact) mass is 293 g/mol. The summed E-state index contributed by atoms with van der Waals surface area (Å²) in [5, 5.41) is 2.82. The standard InChI is InChI=1S/C17H18F3N/c1-11(2)14(12-6-4-3-5-7-12)10-21-16-9-13(18)8-15(19)17(16)20/h3-9,11,14,21H,10H2,1-2H3. The van der Waals surface area contributed by atoms with Gasteiger partial charge in [-0.25, -0.2) is 13.2 Å². The lowest BCUT2D eigenvalue weighted by Crippen LogP contribution is -2.18. The zero-order chi connectivity index (χ0) is 15.4. The number of benzene rings is 2. The van der Waals surface area contributed by atoms with Crippen molar-refractivity contribution in [2.45, 2.75) is 19.8 Å². The first-order valence-electron chi connectivity index (χ1n) is 6.92. The SMILES string of the molecule is CC(C)C(CNc1cc(F)cc(F)c1F)c1ccccc1. The molecule has 0 aliphatic rings. The maximum absolute atomic E-state index is 13.6. The first-order chi connectivity index (χ1) is 9.99. The lowest BCUT2D eigenvalue weighted by Gasteiger charge is -2.22. The van der Waals surface area contributed by atoms with Crippen molar-refractivity contribution in [3.8, 4) is 0 Å². The minimum Gasteiger partial charge on any atom is -0.382 e. The molecule has 1 unspecified atom stereocenters. The molecule has 21 heavy (non-hydrogen) atoms. The van der Waals surface area contributed by atoms with Gasteiger partial charge in [-0.3, -0.25) is 0 Å². The van der Waals surface area contributed by atoms with E-state index in [2.05, 4.69) is 19.2 Å². The Balaban J connectivity index is 2.17. The van der Waals surface area contributed by atoms with Crippen LogP contribution >= 0.6 is 0 Å². The topological polar surface area (TPSA) is 12.0 Å². The molecule has 2 rings (SSSR count). The lowest BCUT2D eigenvalue weighted by molar-refractivity contribution is 0.491.